The number of rotatable bonds is 4. The molecule has 0 spiro atoms. The zero-order chi connectivity index (χ0) is 21.4. The maximum atomic E-state index is 12.9. The Kier molecular flexibility index (Phi) is 5.24. The van der Waals surface area contributed by atoms with Crippen molar-refractivity contribution in [2.45, 2.75) is 18.4 Å². The Bertz CT molecular complexity index is 1120. The van der Waals surface area contributed by atoms with Gasteiger partial charge in [0.1, 0.15) is 12.6 Å². The molecule has 1 aliphatic heterocycles. The van der Waals surface area contributed by atoms with Crippen LogP contribution in [0.15, 0.2) is 77.3 Å². The number of benzene rings is 3. The van der Waals surface area contributed by atoms with Gasteiger partial charge in [-0.1, -0.05) is 76.6 Å². The summed E-state index contributed by atoms with van der Waals surface area (Å²) in [6.07, 6.45) is -0.157. The quantitative estimate of drug-likeness (QED) is 0.489. The molecule has 1 atom stereocenters. The second kappa shape index (κ2) is 8.19. The molecule has 31 heavy (non-hydrogen) atoms. The van der Waals surface area contributed by atoms with Crippen LogP contribution in [0, 0.1) is 0 Å². The molecule has 5 nitrogen and oxygen atoms in total. The molecule has 6 heteroatoms. The summed E-state index contributed by atoms with van der Waals surface area (Å²) in [5.41, 5.74) is 5.58. The summed E-state index contributed by atoms with van der Waals surface area (Å²) in [5.74, 6) is -0.437. The van der Waals surface area contributed by atoms with E-state index in [0.717, 1.165) is 21.2 Å². The number of hydrogen-bond acceptors (Lipinski definition) is 4. The molecule has 1 heterocycles. The minimum Gasteiger partial charge on any atom is -0.448 e. The van der Waals surface area contributed by atoms with E-state index >= 15 is 0 Å². The van der Waals surface area contributed by atoms with Crippen LogP contribution in [-0.4, -0.2) is 36.3 Å². The summed E-state index contributed by atoms with van der Waals surface area (Å²) in [4.78, 5) is 26.6. The highest BCUT2D eigenvalue weighted by atomic mass is 79.9. The van der Waals surface area contributed by atoms with E-state index in [1.807, 2.05) is 48.5 Å². The van der Waals surface area contributed by atoms with Crippen molar-refractivity contribution in [1.82, 2.24) is 4.90 Å². The van der Waals surface area contributed by atoms with Crippen LogP contribution < -0.4 is 0 Å². The van der Waals surface area contributed by atoms with Crippen LogP contribution in [0.1, 0.15) is 22.6 Å². The van der Waals surface area contributed by atoms with Crippen LogP contribution in [0.2, 0.25) is 0 Å². The summed E-state index contributed by atoms with van der Waals surface area (Å²) in [6, 6.07) is 23.4. The van der Waals surface area contributed by atoms with Crippen molar-refractivity contribution in [2.24, 2.45) is 0 Å². The van der Waals surface area contributed by atoms with Gasteiger partial charge in [0.25, 0.3) is 0 Å². The van der Waals surface area contributed by atoms with Crippen molar-refractivity contribution in [3.63, 3.8) is 0 Å². The molecule has 0 bridgehead atoms. The van der Waals surface area contributed by atoms with Crippen molar-refractivity contribution < 1.29 is 19.1 Å². The zero-order valence-electron chi connectivity index (χ0n) is 16.7. The molecule has 3 aromatic rings. The number of carbonyl (C=O) groups is 2. The van der Waals surface area contributed by atoms with E-state index in [0.29, 0.717) is 6.42 Å². The largest absolute Gasteiger partial charge is 0.448 e. The number of nitrogens with zero attached hydrogens (tertiary/aromatic N) is 1. The average Bonchev–Trinajstić information content (AvgIpc) is 3.30. The summed E-state index contributed by atoms with van der Waals surface area (Å²) in [5, 5.41) is 0. The first-order valence-electron chi connectivity index (χ1n) is 10.1. The van der Waals surface area contributed by atoms with Crippen molar-refractivity contribution in [3.8, 4) is 11.1 Å². The van der Waals surface area contributed by atoms with E-state index in [1.54, 1.807) is 0 Å². The number of halogens is 1. The van der Waals surface area contributed by atoms with E-state index in [9.17, 15) is 9.59 Å². The molecule has 1 aliphatic carbocycles. The van der Waals surface area contributed by atoms with Crippen molar-refractivity contribution in [1.29, 1.82) is 0 Å². The fourth-order valence-electron chi connectivity index (χ4n) is 4.38. The van der Waals surface area contributed by atoms with Gasteiger partial charge in [0.2, 0.25) is 0 Å². The second-order valence-corrected chi connectivity index (χ2v) is 8.63. The Balaban J connectivity index is 1.32. The lowest BCUT2D eigenvalue weighted by Gasteiger charge is -2.21. The number of cyclic esters (lactones) is 1. The first-order chi connectivity index (χ1) is 15.1. The van der Waals surface area contributed by atoms with Gasteiger partial charge in [0.05, 0.1) is 0 Å². The summed E-state index contributed by atoms with van der Waals surface area (Å²) < 4.78 is 11.8. The van der Waals surface area contributed by atoms with Gasteiger partial charge in [-0.3, -0.25) is 4.90 Å². The molecule has 5 rings (SSSR count). The topological polar surface area (TPSA) is 55.8 Å². The Morgan fingerprint density at radius 3 is 2.35 bits per heavy atom. The van der Waals surface area contributed by atoms with Gasteiger partial charge in [0, 0.05) is 16.8 Å². The van der Waals surface area contributed by atoms with Gasteiger partial charge < -0.3 is 9.47 Å². The van der Waals surface area contributed by atoms with Crippen molar-refractivity contribution in [2.75, 3.05) is 13.3 Å². The fraction of sp³-hybridized carbons (Fsp3) is 0.200. The van der Waals surface area contributed by atoms with Crippen LogP contribution >= 0.6 is 15.9 Å². The Labute approximate surface area is 188 Å². The Morgan fingerprint density at radius 2 is 1.68 bits per heavy atom. The van der Waals surface area contributed by atoms with Gasteiger partial charge in [-0.2, -0.15) is 0 Å². The molecule has 0 radical (unpaired) electrons. The van der Waals surface area contributed by atoms with Crippen LogP contribution in [-0.2, 0) is 20.7 Å². The summed E-state index contributed by atoms with van der Waals surface area (Å²) >= 11 is 3.44. The molecule has 156 valence electrons. The van der Waals surface area contributed by atoms with Gasteiger partial charge in [0.15, 0.2) is 6.73 Å². The van der Waals surface area contributed by atoms with Crippen molar-refractivity contribution >= 4 is 28.0 Å². The molecule has 3 aromatic carbocycles. The van der Waals surface area contributed by atoms with Gasteiger partial charge >= 0.3 is 12.1 Å². The molecule has 1 fully saturated rings. The van der Waals surface area contributed by atoms with Crippen LogP contribution in [0.5, 0.6) is 0 Å². The van der Waals surface area contributed by atoms with E-state index in [-0.39, 0.29) is 19.3 Å². The number of carbonyl (C=O) groups excluding carboxylic acids is 2. The van der Waals surface area contributed by atoms with Gasteiger partial charge in [-0.05, 0) is 39.9 Å². The molecular formula is C25H20BrNO4. The smallest absolute Gasteiger partial charge is 0.413 e. The Hall–Kier alpha value is -3.12. The van der Waals surface area contributed by atoms with Crippen LogP contribution in [0.25, 0.3) is 11.1 Å². The third-order valence-corrected chi connectivity index (χ3v) is 6.38. The highest BCUT2D eigenvalue weighted by Crippen LogP contribution is 2.44. The molecule has 0 saturated carbocycles. The molecule has 0 aromatic heterocycles. The molecular weight excluding hydrogens is 458 g/mol. The zero-order valence-corrected chi connectivity index (χ0v) is 18.2. The standard InChI is InChI=1S/C25H20BrNO4/c26-17-7-5-6-16(12-17)13-23-24(28)31-15-27(23)25(29)30-14-22-20-10-3-1-8-18(20)19-9-2-4-11-21(19)22/h1-12,22-23H,13-15H2/t23-/m0/s1. The number of esters is 1. The van der Waals surface area contributed by atoms with Gasteiger partial charge in [-0.15, -0.1) is 0 Å². The first-order valence-corrected chi connectivity index (χ1v) is 10.9. The van der Waals surface area contributed by atoms with E-state index in [4.69, 9.17) is 9.47 Å². The number of fused-ring (bicyclic) bond motifs is 3. The number of hydrogen-bond donors (Lipinski definition) is 0. The minimum atomic E-state index is -0.690. The lowest BCUT2D eigenvalue weighted by Crippen LogP contribution is -2.40. The van der Waals surface area contributed by atoms with Crippen LogP contribution in [0.4, 0.5) is 4.79 Å². The minimum absolute atomic E-state index is 0.0286. The number of ether oxygens (including phenoxy) is 2. The molecule has 2 aliphatic rings. The lowest BCUT2D eigenvalue weighted by atomic mass is 9.98. The van der Waals surface area contributed by atoms with Crippen molar-refractivity contribution in [3.05, 3.63) is 94.0 Å². The lowest BCUT2D eigenvalue weighted by molar-refractivity contribution is -0.139. The molecule has 1 amide bonds. The van der Waals surface area contributed by atoms with E-state index in [1.165, 1.54) is 16.0 Å². The SMILES string of the molecule is O=C1OCN(C(=O)OCC2c3ccccc3-c3ccccc32)[C@H]1Cc1cccc(Br)c1. The third-order valence-electron chi connectivity index (χ3n) is 5.88. The van der Waals surface area contributed by atoms with Crippen LogP contribution in [0.3, 0.4) is 0 Å². The van der Waals surface area contributed by atoms with E-state index in [2.05, 4.69) is 40.2 Å². The molecule has 1 saturated heterocycles. The average molecular weight is 478 g/mol. The normalized spacial score (nSPS) is 17.3. The second-order valence-electron chi connectivity index (χ2n) is 7.72. The monoisotopic (exact) mass is 477 g/mol. The highest BCUT2D eigenvalue weighted by Gasteiger charge is 2.39. The maximum absolute atomic E-state index is 12.9. The molecule has 0 unspecified atom stereocenters. The predicted octanol–water partition coefficient (Wildman–Crippen LogP) is 5.13. The van der Waals surface area contributed by atoms with Gasteiger partial charge in [-0.25, -0.2) is 9.59 Å². The fourth-order valence-corrected chi connectivity index (χ4v) is 4.83. The first kappa shape index (κ1) is 19.8. The summed E-state index contributed by atoms with van der Waals surface area (Å²) in [7, 11) is 0. The van der Waals surface area contributed by atoms with E-state index < -0.39 is 18.1 Å². The number of amides is 1. The maximum Gasteiger partial charge on any atom is 0.413 e. The Morgan fingerprint density at radius 1 is 1.00 bits per heavy atom. The predicted molar refractivity (Wildman–Crippen MR) is 120 cm³/mol. The summed E-state index contributed by atoms with van der Waals surface area (Å²) in [6.45, 7) is 0.120. The molecule has 0 N–H and O–H groups in total. The third kappa shape index (κ3) is 3.72. The highest BCUT2D eigenvalue weighted by molar-refractivity contribution is 9.10.